The van der Waals surface area contributed by atoms with Crippen molar-refractivity contribution in [2.24, 2.45) is 5.92 Å². The standard InChI is InChI=1S/C13H11F3N2/c1-9(12(7-17)8-18)11-4-2-10(3-5-11)6-13(14,15)16/h2-5,9,12H,6H2,1H3. The molecule has 0 amide bonds. The SMILES string of the molecule is CC(c1ccc(CC(F)(F)F)cc1)C(C#N)C#N. The van der Waals surface area contributed by atoms with Crippen LogP contribution in [0.1, 0.15) is 24.0 Å². The van der Waals surface area contributed by atoms with Crippen LogP contribution < -0.4 is 0 Å². The minimum Gasteiger partial charge on any atom is -0.197 e. The van der Waals surface area contributed by atoms with Crippen LogP contribution in [0, 0.1) is 28.6 Å². The van der Waals surface area contributed by atoms with Gasteiger partial charge < -0.3 is 0 Å². The van der Waals surface area contributed by atoms with Gasteiger partial charge in [0.05, 0.1) is 18.6 Å². The lowest BCUT2D eigenvalue weighted by Crippen LogP contribution is -2.11. The summed E-state index contributed by atoms with van der Waals surface area (Å²) >= 11 is 0. The molecule has 0 fully saturated rings. The average molecular weight is 252 g/mol. The molecule has 0 aliphatic heterocycles. The van der Waals surface area contributed by atoms with E-state index in [2.05, 4.69) is 0 Å². The lowest BCUT2D eigenvalue weighted by Gasteiger charge is -2.13. The van der Waals surface area contributed by atoms with Crippen LogP contribution in [0.4, 0.5) is 13.2 Å². The fourth-order valence-electron chi connectivity index (χ4n) is 1.62. The summed E-state index contributed by atoms with van der Waals surface area (Å²) in [5.74, 6) is -1.11. The molecule has 0 heterocycles. The first-order valence-electron chi connectivity index (χ1n) is 5.32. The van der Waals surface area contributed by atoms with Crippen LogP contribution in [0.25, 0.3) is 0 Å². The number of nitrogens with zero attached hydrogens (tertiary/aromatic N) is 2. The molecule has 0 aliphatic rings. The van der Waals surface area contributed by atoms with E-state index in [0.717, 1.165) is 0 Å². The molecule has 0 saturated carbocycles. The van der Waals surface area contributed by atoms with Crippen molar-refractivity contribution in [1.29, 1.82) is 10.5 Å². The zero-order valence-corrected chi connectivity index (χ0v) is 9.70. The quantitative estimate of drug-likeness (QED) is 0.825. The Morgan fingerprint density at radius 2 is 1.61 bits per heavy atom. The normalized spacial score (nSPS) is 12.8. The average Bonchev–Trinajstić information content (AvgIpc) is 2.29. The summed E-state index contributed by atoms with van der Waals surface area (Å²) in [6, 6.07) is 9.55. The summed E-state index contributed by atoms with van der Waals surface area (Å²) in [4.78, 5) is 0. The third kappa shape index (κ3) is 3.78. The first-order valence-corrected chi connectivity index (χ1v) is 5.32. The summed E-state index contributed by atoms with van der Waals surface area (Å²) in [5, 5.41) is 17.5. The molecule has 0 spiro atoms. The van der Waals surface area contributed by atoms with Gasteiger partial charge in [0.2, 0.25) is 0 Å². The second kappa shape index (κ2) is 5.55. The van der Waals surface area contributed by atoms with E-state index in [4.69, 9.17) is 10.5 Å². The van der Waals surface area contributed by atoms with Crippen molar-refractivity contribution >= 4 is 0 Å². The van der Waals surface area contributed by atoms with E-state index in [1.54, 1.807) is 6.92 Å². The summed E-state index contributed by atoms with van der Waals surface area (Å²) in [5.41, 5.74) is 0.859. The van der Waals surface area contributed by atoms with E-state index in [-0.39, 0.29) is 11.5 Å². The van der Waals surface area contributed by atoms with Gasteiger partial charge in [0, 0.05) is 5.92 Å². The Labute approximate surface area is 103 Å². The molecule has 1 rings (SSSR count). The van der Waals surface area contributed by atoms with Gasteiger partial charge in [-0.05, 0) is 11.1 Å². The fourth-order valence-corrected chi connectivity index (χ4v) is 1.62. The van der Waals surface area contributed by atoms with E-state index in [1.165, 1.54) is 24.3 Å². The van der Waals surface area contributed by atoms with Gasteiger partial charge in [-0.2, -0.15) is 23.7 Å². The Balaban J connectivity index is 2.84. The summed E-state index contributed by atoms with van der Waals surface area (Å²) in [7, 11) is 0. The minimum absolute atomic E-state index is 0.170. The monoisotopic (exact) mass is 252 g/mol. The molecule has 0 N–H and O–H groups in total. The number of alkyl halides is 3. The predicted molar refractivity (Wildman–Crippen MR) is 59.3 cm³/mol. The van der Waals surface area contributed by atoms with E-state index in [1.807, 2.05) is 12.1 Å². The van der Waals surface area contributed by atoms with Crippen molar-refractivity contribution < 1.29 is 13.2 Å². The largest absolute Gasteiger partial charge is 0.393 e. The number of nitriles is 2. The predicted octanol–water partition coefficient (Wildman–Crippen LogP) is 3.56. The van der Waals surface area contributed by atoms with E-state index >= 15 is 0 Å². The highest BCUT2D eigenvalue weighted by Crippen LogP contribution is 2.26. The topological polar surface area (TPSA) is 47.6 Å². The highest BCUT2D eigenvalue weighted by atomic mass is 19.4. The van der Waals surface area contributed by atoms with Crippen LogP contribution in [-0.2, 0) is 6.42 Å². The Morgan fingerprint density at radius 3 is 2.00 bits per heavy atom. The van der Waals surface area contributed by atoms with Crippen molar-refractivity contribution in [2.75, 3.05) is 0 Å². The van der Waals surface area contributed by atoms with Gasteiger partial charge in [0.1, 0.15) is 5.92 Å². The molecule has 5 heteroatoms. The van der Waals surface area contributed by atoms with Crippen LogP contribution in [0.5, 0.6) is 0 Å². The lowest BCUT2D eigenvalue weighted by atomic mass is 9.89. The van der Waals surface area contributed by atoms with Crippen molar-refractivity contribution in [1.82, 2.24) is 0 Å². The zero-order valence-electron chi connectivity index (χ0n) is 9.70. The van der Waals surface area contributed by atoms with Crippen molar-refractivity contribution in [3.63, 3.8) is 0 Å². The van der Waals surface area contributed by atoms with Gasteiger partial charge in [-0.25, -0.2) is 0 Å². The molecular weight excluding hydrogens is 241 g/mol. The van der Waals surface area contributed by atoms with Crippen LogP contribution in [0.2, 0.25) is 0 Å². The molecule has 94 valence electrons. The van der Waals surface area contributed by atoms with Gasteiger partial charge in [-0.3, -0.25) is 0 Å². The number of rotatable bonds is 3. The molecule has 0 aliphatic carbocycles. The van der Waals surface area contributed by atoms with Crippen LogP contribution in [0.3, 0.4) is 0 Å². The van der Waals surface area contributed by atoms with E-state index in [0.29, 0.717) is 5.56 Å². The molecule has 0 aromatic heterocycles. The number of halogens is 3. The number of hydrogen-bond donors (Lipinski definition) is 0. The molecular formula is C13H11F3N2. The molecule has 0 radical (unpaired) electrons. The third-order valence-corrected chi connectivity index (χ3v) is 2.69. The molecule has 18 heavy (non-hydrogen) atoms. The van der Waals surface area contributed by atoms with E-state index in [9.17, 15) is 13.2 Å². The molecule has 0 bridgehead atoms. The van der Waals surface area contributed by atoms with Crippen LogP contribution in [-0.4, -0.2) is 6.18 Å². The van der Waals surface area contributed by atoms with Gasteiger partial charge in [0.15, 0.2) is 0 Å². The second-order valence-electron chi connectivity index (χ2n) is 4.06. The smallest absolute Gasteiger partial charge is 0.197 e. The fraction of sp³-hybridized carbons (Fsp3) is 0.385. The van der Waals surface area contributed by atoms with Gasteiger partial charge in [-0.15, -0.1) is 0 Å². The molecule has 2 nitrogen and oxygen atoms in total. The number of benzene rings is 1. The van der Waals surface area contributed by atoms with Gasteiger partial charge >= 0.3 is 6.18 Å². The minimum atomic E-state index is -4.23. The van der Waals surface area contributed by atoms with Gasteiger partial charge in [0.25, 0.3) is 0 Å². The summed E-state index contributed by atoms with van der Waals surface area (Å²) in [6.45, 7) is 1.70. The Morgan fingerprint density at radius 1 is 1.11 bits per heavy atom. The Kier molecular flexibility index (Phi) is 4.33. The number of hydrogen-bond acceptors (Lipinski definition) is 2. The third-order valence-electron chi connectivity index (χ3n) is 2.69. The van der Waals surface area contributed by atoms with Crippen molar-refractivity contribution in [2.45, 2.75) is 25.4 Å². The lowest BCUT2D eigenvalue weighted by molar-refractivity contribution is -0.127. The van der Waals surface area contributed by atoms with Crippen molar-refractivity contribution in [3.05, 3.63) is 35.4 Å². The molecule has 1 aromatic rings. The Bertz CT molecular complexity index is 463. The van der Waals surface area contributed by atoms with Crippen LogP contribution >= 0.6 is 0 Å². The first-order chi connectivity index (χ1) is 8.37. The summed E-state index contributed by atoms with van der Waals surface area (Å²) < 4.78 is 36.5. The molecule has 1 atom stereocenters. The maximum atomic E-state index is 12.2. The maximum absolute atomic E-state index is 12.2. The van der Waals surface area contributed by atoms with Crippen LogP contribution in [0.15, 0.2) is 24.3 Å². The summed E-state index contributed by atoms with van der Waals surface area (Å²) in [6.07, 6.45) is -5.20. The molecule has 1 aromatic carbocycles. The highest BCUT2D eigenvalue weighted by Gasteiger charge is 2.27. The first kappa shape index (κ1) is 14.1. The van der Waals surface area contributed by atoms with Crippen molar-refractivity contribution in [3.8, 4) is 12.1 Å². The molecule has 1 unspecified atom stereocenters. The van der Waals surface area contributed by atoms with E-state index < -0.39 is 18.5 Å². The van der Waals surface area contributed by atoms with Gasteiger partial charge in [-0.1, -0.05) is 31.2 Å². The maximum Gasteiger partial charge on any atom is 0.393 e. The Hall–Kier alpha value is -2.01. The highest BCUT2D eigenvalue weighted by molar-refractivity contribution is 5.28. The zero-order chi connectivity index (χ0) is 13.8. The molecule has 0 saturated heterocycles. The second-order valence-corrected chi connectivity index (χ2v) is 4.06.